The van der Waals surface area contributed by atoms with Gasteiger partial charge in [0.25, 0.3) is 0 Å². The summed E-state index contributed by atoms with van der Waals surface area (Å²) in [6.45, 7) is 0.599. The summed E-state index contributed by atoms with van der Waals surface area (Å²) in [6.07, 6.45) is 3.38. The number of likely N-dealkylation sites (N-methyl/N-ethyl adjacent to an activating group) is 1. The highest BCUT2D eigenvalue weighted by molar-refractivity contribution is 5.91. The second-order valence-corrected chi connectivity index (χ2v) is 4.79. The topological polar surface area (TPSA) is 29.5 Å². The normalized spacial score (nSPS) is 10.6. The third kappa shape index (κ3) is 4.49. The summed E-state index contributed by atoms with van der Waals surface area (Å²) >= 11 is 0. The fraction of sp³-hybridized carbons (Fsp3) is 0.167. The first-order valence-corrected chi connectivity index (χ1v) is 6.80. The fourth-order valence-electron chi connectivity index (χ4n) is 1.98. The van der Waals surface area contributed by atoms with E-state index in [9.17, 15) is 4.79 Å². The van der Waals surface area contributed by atoms with E-state index in [4.69, 9.17) is 4.74 Å². The fourth-order valence-corrected chi connectivity index (χ4v) is 1.98. The van der Waals surface area contributed by atoms with E-state index in [1.807, 2.05) is 54.6 Å². The molecule has 0 aliphatic rings. The van der Waals surface area contributed by atoms with Gasteiger partial charge in [-0.1, -0.05) is 42.5 Å². The average molecular weight is 281 g/mol. The average Bonchev–Trinajstić information content (AvgIpc) is 2.53. The summed E-state index contributed by atoms with van der Waals surface area (Å²) in [4.78, 5) is 13.8. The number of hydrogen-bond acceptors (Lipinski definition) is 2. The first-order chi connectivity index (χ1) is 10.2. The molecule has 2 rings (SSSR count). The first-order valence-electron chi connectivity index (χ1n) is 6.80. The summed E-state index contributed by atoms with van der Waals surface area (Å²) in [5.41, 5.74) is 2.05. The van der Waals surface area contributed by atoms with Crippen LogP contribution in [0.2, 0.25) is 0 Å². The van der Waals surface area contributed by atoms with Crippen LogP contribution < -0.4 is 4.74 Å². The molecule has 0 fully saturated rings. The van der Waals surface area contributed by atoms with Gasteiger partial charge in [-0.05, 0) is 29.3 Å². The number of hydrogen-bond donors (Lipinski definition) is 0. The molecule has 0 N–H and O–H groups in total. The van der Waals surface area contributed by atoms with Crippen LogP contribution in [-0.2, 0) is 11.3 Å². The number of nitrogens with zero attached hydrogens (tertiary/aromatic N) is 1. The molecule has 0 spiro atoms. The van der Waals surface area contributed by atoms with Crippen LogP contribution in [0.4, 0.5) is 0 Å². The van der Waals surface area contributed by atoms with Gasteiger partial charge >= 0.3 is 0 Å². The lowest BCUT2D eigenvalue weighted by Crippen LogP contribution is -2.23. The van der Waals surface area contributed by atoms with Crippen molar-refractivity contribution in [1.82, 2.24) is 4.90 Å². The highest BCUT2D eigenvalue weighted by Gasteiger charge is 2.05. The molecule has 0 bridgehead atoms. The van der Waals surface area contributed by atoms with Gasteiger partial charge in [-0.25, -0.2) is 0 Å². The predicted octanol–water partition coefficient (Wildman–Crippen LogP) is 3.37. The Morgan fingerprint density at radius 1 is 1.14 bits per heavy atom. The summed E-state index contributed by atoms with van der Waals surface area (Å²) in [7, 11) is 3.42. The molecule has 2 aromatic rings. The summed E-state index contributed by atoms with van der Waals surface area (Å²) in [5, 5.41) is 0. The van der Waals surface area contributed by atoms with Crippen molar-refractivity contribution in [3.8, 4) is 5.75 Å². The Morgan fingerprint density at radius 3 is 2.62 bits per heavy atom. The van der Waals surface area contributed by atoms with E-state index in [1.165, 1.54) is 0 Å². The van der Waals surface area contributed by atoms with E-state index in [0.29, 0.717) is 6.54 Å². The van der Waals surface area contributed by atoms with E-state index < -0.39 is 0 Å². The van der Waals surface area contributed by atoms with Crippen molar-refractivity contribution < 1.29 is 9.53 Å². The number of carbonyl (C=O) groups is 1. The maximum Gasteiger partial charge on any atom is 0.246 e. The Hall–Kier alpha value is -2.55. The second kappa shape index (κ2) is 7.29. The van der Waals surface area contributed by atoms with Crippen molar-refractivity contribution in [3.05, 3.63) is 71.8 Å². The Kier molecular flexibility index (Phi) is 5.16. The molecular formula is C18H19NO2. The Bertz CT molecular complexity index is 620. The molecule has 0 atom stereocenters. The third-order valence-corrected chi connectivity index (χ3v) is 3.15. The summed E-state index contributed by atoms with van der Waals surface area (Å²) < 4.78 is 5.16. The van der Waals surface area contributed by atoms with Crippen LogP contribution in [0, 0.1) is 0 Å². The highest BCUT2D eigenvalue weighted by Crippen LogP contribution is 2.13. The largest absolute Gasteiger partial charge is 0.497 e. The number of rotatable bonds is 5. The molecule has 3 nitrogen and oxygen atoms in total. The van der Waals surface area contributed by atoms with E-state index in [-0.39, 0.29) is 5.91 Å². The predicted molar refractivity (Wildman–Crippen MR) is 84.9 cm³/mol. The Labute approximate surface area is 125 Å². The first kappa shape index (κ1) is 14.9. The van der Waals surface area contributed by atoms with Gasteiger partial charge in [-0.2, -0.15) is 0 Å². The molecule has 0 unspecified atom stereocenters. The lowest BCUT2D eigenvalue weighted by atomic mass is 10.2. The van der Waals surface area contributed by atoms with Crippen molar-refractivity contribution in [1.29, 1.82) is 0 Å². The molecule has 0 aromatic heterocycles. The quantitative estimate of drug-likeness (QED) is 0.786. The van der Waals surface area contributed by atoms with Crippen LogP contribution in [0.3, 0.4) is 0 Å². The van der Waals surface area contributed by atoms with E-state index in [2.05, 4.69) is 0 Å². The molecule has 3 heteroatoms. The van der Waals surface area contributed by atoms with Gasteiger partial charge in [0.05, 0.1) is 7.11 Å². The van der Waals surface area contributed by atoms with E-state index >= 15 is 0 Å². The zero-order chi connectivity index (χ0) is 15.1. The van der Waals surface area contributed by atoms with Crippen molar-refractivity contribution in [2.45, 2.75) is 6.54 Å². The van der Waals surface area contributed by atoms with Gasteiger partial charge in [0, 0.05) is 19.7 Å². The van der Waals surface area contributed by atoms with Crippen LogP contribution in [0.25, 0.3) is 6.08 Å². The van der Waals surface area contributed by atoms with Gasteiger partial charge in [-0.15, -0.1) is 0 Å². The SMILES string of the molecule is COc1cccc(/C=C/C(=O)N(C)Cc2ccccc2)c1. The molecule has 0 aliphatic carbocycles. The number of benzene rings is 2. The van der Waals surface area contributed by atoms with Gasteiger partial charge in [0.1, 0.15) is 5.75 Å². The Morgan fingerprint density at radius 2 is 1.90 bits per heavy atom. The molecule has 1 amide bonds. The molecule has 21 heavy (non-hydrogen) atoms. The molecule has 0 saturated carbocycles. The number of methoxy groups -OCH3 is 1. The van der Waals surface area contributed by atoms with Crippen LogP contribution in [0.15, 0.2) is 60.7 Å². The van der Waals surface area contributed by atoms with Gasteiger partial charge in [-0.3, -0.25) is 4.79 Å². The minimum Gasteiger partial charge on any atom is -0.497 e. The standard InChI is InChI=1S/C18H19NO2/c1-19(14-16-7-4-3-5-8-16)18(20)12-11-15-9-6-10-17(13-15)21-2/h3-13H,14H2,1-2H3/b12-11+. The smallest absolute Gasteiger partial charge is 0.246 e. The minimum absolute atomic E-state index is 0.0262. The second-order valence-electron chi connectivity index (χ2n) is 4.79. The highest BCUT2D eigenvalue weighted by atomic mass is 16.5. The molecule has 2 aromatic carbocycles. The van der Waals surface area contributed by atoms with Crippen LogP contribution in [0.5, 0.6) is 5.75 Å². The minimum atomic E-state index is -0.0262. The molecule has 0 heterocycles. The maximum atomic E-state index is 12.1. The van der Waals surface area contributed by atoms with Crippen molar-refractivity contribution in [2.24, 2.45) is 0 Å². The van der Waals surface area contributed by atoms with Gasteiger partial charge < -0.3 is 9.64 Å². The van der Waals surface area contributed by atoms with Gasteiger partial charge in [0.2, 0.25) is 5.91 Å². The molecular weight excluding hydrogens is 262 g/mol. The molecule has 0 aliphatic heterocycles. The zero-order valence-electron chi connectivity index (χ0n) is 12.3. The number of carbonyl (C=O) groups excluding carboxylic acids is 1. The van der Waals surface area contributed by atoms with Crippen LogP contribution >= 0.6 is 0 Å². The van der Waals surface area contributed by atoms with Crippen molar-refractivity contribution in [2.75, 3.05) is 14.2 Å². The summed E-state index contributed by atoms with van der Waals surface area (Å²) in [5.74, 6) is 0.754. The van der Waals surface area contributed by atoms with E-state index in [1.54, 1.807) is 31.2 Å². The van der Waals surface area contributed by atoms with Gasteiger partial charge in [0.15, 0.2) is 0 Å². The Balaban J connectivity index is 1.98. The summed E-state index contributed by atoms with van der Waals surface area (Å²) in [6, 6.07) is 17.5. The molecule has 0 radical (unpaired) electrons. The maximum absolute atomic E-state index is 12.1. The van der Waals surface area contributed by atoms with E-state index in [0.717, 1.165) is 16.9 Å². The number of ether oxygens (including phenoxy) is 1. The van der Waals surface area contributed by atoms with Crippen LogP contribution in [0.1, 0.15) is 11.1 Å². The lowest BCUT2D eigenvalue weighted by molar-refractivity contribution is -0.125. The third-order valence-electron chi connectivity index (χ3n) is 3.15. The molecule has 108 valence electrons. The lowest BCUT2D eigenvalue weighted by Gasteiger charge is -2.15. The monoisotopic (exact) mass is 281 g/mol. The van der Waals surface area contributed by atoms with Crippen LogP contribution in [-0.4, -0.2) is 25.0 Å². The van der Waals surface area contributed by atoms with Crippen molar-refractivity contribution >= 4 is 12.0 Å². The molecule has 0 saturated heterocycles. The van der Waals surface area contributed by atoms with Crippen molar-refractivity contribution in [3.63, 3.8) is 0 Å². The number of amides is 1. The zero-order valence-corrected chi connectivity index (χ0v) is 12.3.